The summed E-state index contributed by atoms with van der Waals surface area (Å²) in [6.45, 7) is 2.25. The topological polar surface area (TPSA) is 94.2 Å². The van der Waals surface area contributed by atoms with Crippen LogP contribution in [0.5, 0.6) is 5.75 Å². The van der Waals surface area contributed by atoms with Crippen molar-refractivity contribution < 1.29 is 28.6 Å². The number of nitrogens with zero attached hydrogens (tertiary/aromatic N) is 1. The lowest BCUT2D eigenvalue weighted by Crippen LogP contribution is -2.36. The van der Waals surface area contributed by atoms with E-state index in [4.69, 9.17) is 14.2 Å². The molecule has 8 nitrogen and oxygen atoms in total. The second-order valence-corrected chi connectivity index (χ2v) is 6.30. The van der Waals surface area contributed by atoms with E-state index in [2.05, 4.69) is 10.2 Å². The molecule has 1 N–H and O–H groups in total. The summed E-state index contributed by atoms with van der Waals surface area (Å²) in [6, 6.07) is 14.0. The molecule has 8 heteroatoms. The minimum Gasteiger partial charge on any atom is -0.481 e. The van der Waals surface area contributed by atoms with Gasteiger partial charge in [-0.3, -0.25) is 9.59 Å². The van der Waals surface area contributed by atoms with Crippen molar-refractivity contribution in [2.75, 3.05) is 49.7 Å². The fraction of sp³-hybridized carbons (Fsp3) is 0.286. The summed E-state index contributed by atoms with van der Waals surface area (Å²) >= 11 is 0. The Morgan fingerprint density at radius 3 is 2.48 bits per heavy atom. The average molecular weight is 398 g/mol. The summed E-state index contributed by atoms with van der Waals surface area (Å²) in [5, 5.41) is 2.67. The molecule has 1 saturated heterocycles. The van der Waals surface area contributed by atoms with Crippen LogP contribution in [0.25, 0.3) is 0 Å². The van der Waals surface area contributed by atoms with E-state index < -0.39 is 25.1 Å². The third-order valence-electron chi connectivity index (χ3n) is 4.28. The van der Waals surface area contributed by atoms with Gasteiger partial charge in [0.15, 0.2) is 19.5 Å². The number of amides is 1. The zero-order chi connectivity index (χ0) is 20.5. The SMILES string of the molecule is O=Cc1ccccc1OCC(=O)OCC(=O)Nc1ccc(N2CCOCC2)cc1. The van der Waals surface area contributed by atoms with Gasteiger partial charge in [0.2, 0.25) is 0 Å². The van der Waals surface area contributed by atoms with Gasteiger partial charge in [-0.1, -0.05) is 12.1 Å². The lowest BCUT2D eigenvalue weighted by molar-refractivity contribution is -0.149. The van der Waals surface area contributed by atoms with Gasteiger partial charge in [-0.15, -0.1) is 0 Å². The molecule has 0 bridgehead atoms. The summed E-state index contributed by atoms with van der Waals surface area (Å²) in [4.78, 5) is 36.9. The van der Waals surface area contributed by atoms with Crippen molar-refractivity contribution >= 4 is 29.5 Å². The van der Waals surface area contributed by atoms with E-state index >= 15 is 0 Å². The first-order chi connectivity index (χ1) is 14.2. The predicted octanol–water partition coefficient (Wildman–Crippen LogP) is 1.90. The first kappa shape index (κ1) is 20.3. The maximum Gasteiger partial charge on any atom is 0.344 e. The zero-order valence-corrected chi connectivity index (χ0v) is 15.8. The first-order valence-corrected chi connectivity index (χ1v) is 9.21. The van der Waals surface area contributed by atoms with Crippen molar-refractivity contribution in [3.63, 3.8) is 0 Å². The van der Waals surface area contributed by atoms with E-state index in [9.17, 15) is 14.4 Å². The Balaban J connectivity index is 1.41. The lowest BCUT2D eigenvalue weighted by atomic mass is 10.2. The molecule has 29 heavy (non-hydrogen) atoms. The highest BCUT2D eigenvalue weighted by Gasteiger charge is 2.12. The Bertz CT molecular complexity index is 847. The Labute approximate surface area is 168 Å². The normalized spacial score (nSPS) is 13.4. The Morgan fingerprint density at radius 2 is 1.76 bits per heavy atom. The molecule has 1 amide bonds. The summed E-state index contributed by atoms with van der Waals surface area (Å²) in [7, 11) is 0. The molecule has 1 heterocycles. The van der Waals surface area contributed by atoms with Crippen LogP contribution in [-0.2, 0) is 19.1 Å². The van der Waals surface area contributed by atoms with Gasteiger partial charge in [-0.05, 0) is 36.4 Å². The number of aldehydes is 1. The fourth-order valence-electron chi connectivity index (χ4n) is 2.81. The highest BCUT2D eigenvalue weighted by atomic mass is 16.6. The number of hydrogen-bond acceptors (Lipinski definition) is 7. The van der Waals surface area contributed by atoms with Crippen LogP contribution in [0.15, 0.2) is 48.5 Å². The third kappa shape index (κ3) is 6.05. The van der Waals surface area contributed by atoms with E-state index in [1.165, 1.54) is 0 Å². The molecule has 1 fully saturated rings. The van der Waals surface area contributed by atoms with Crippen LogP contribution in [-0.4, -0.2) is 57.7 Å². The second kappa shape index (κ2) is 10.2. The summed E-state index contributed by atoms with van der Waals surface area (Å²) in [6.07, 6.45) is 0.637. The predicted molar refractivity (Wildman–Crippen MR) is 106 cm³/mol. The molecule has 1 aliphatic rings. The molecule has 0 spiro atoms. The lowest BCUT2D eigenvalue weighted by Gasteiger charge is -2.28. The summed E-state index contributed by atoms with van der Waals surface area (Å²) < 4.78 is 15.5. The number of anilines is 2. The van der Waals surface area contributed by atoms with E-state index in [-0.39, 0.29) is 5.75 Å². The van der Waals surface area contributed by atoms with Crippen molar-refractivity contribution in [1.82, 2.24) is 0 Å². The van der Waals surface area contributed by atoms with E-state index in [1.54, 1.807) is 36.4 Å². The number of hydrogen-bond donors (Lipinski definition) is 1. The van der Waals surface area contributed by atoms with E-state index in [1.807, 2.05) is 12.1 Å². The van der Waals surface area contributed by atoms with Crippen molar-refractivity contribution in [1.29, 1.82) is 0 Å². The number of nitrogens with one attached hydrogen (secondary N) is 1. The molecular weight excluding hydrogens is 376 g/mol. The number of para-hydroxylation sites is 1. The van der Waals surface area contributed by atoms with Gasteiger partial charge in [0.1, 0.15) is 5.75 Å². The van der Waals surface area contributed by atoms with Gasteiger partial charge in [0.05, 0.1) is 18.8 Å². The highest BCUT2D eigenvalue weighted by Crippen LogP contribution is 2.19. The molecule has 0 unspecified atom stereocenters. The van der Waals surface area contributed by atoms with Crippen LogP contribution in [0.4, 0.5) is 11.4 Å². The van der Waals surface area contributed by atoms with Crippen LogP contribution >= 0.6 is 0 Å². The molecule has 0 atom stereocenters. The second-order valence-electron chi connectivity index (χ2n) is 6.30. The Morgan fingerprint density at radius 1 is 1.03 bits per heavy atom. The van der Waals surface area contributed by atoms with Gasteiger partial charge >= 0.3 is 5.97 Å². The molecule has 0 saturated carbocycles. The van der Waals surface area contributed by atoms with Gasteiger partial charge in [0, 0.05) is 24.5 Å². The summed E-state index contributed by atoms with van der Waals surface area (Å²) in [5.74, 6) is -0.876. The first-order valence-electron chi connectivity index (χ1n) is 9.21. The maximum absolute atomic E-state index is 12.0. The molecule has 0 radical (unpaired) electrons. The monoisotopic (exact) mass is 398 g/mol. The Kier molecular flexibility index (Phi) is 7.18. The minimum absolute atomic E-state index is 0.282. The average Bonchev–Trinajstić information content (AvgIpc) is 2.77. The van der Waals surface area contributed by atoms with Crippen LogP contribution < -0.4 is 15.0 Å². The molecule has 0 aromatic heterocycles. The Hall–Kier alpha value is -3.39. The number of ether oxygens (including phenoxy) is 3. The summed E-state index contributed by atoms with van der Waals surface area (Å²) in [5.41, 5.74) is 2.00. The van der Waals surface area contributed by atoms with Crippen LogP contribution in [0, 0.1) is 0 Å². The van der Waals surface area contributed by atoms with Gasteiger partial charge in [0.25, 0.3) is 5.91 Å². The van der Waals surface area contributed by atoms with E-state index in [0.29, 0.717) is 30.8 Å². The maximum atomic E-state index is 12.0. The van der Waals surface area contributed by atoms with Crippen molar-refractivity contribution in [2.45, 2.75) is 0 Å². The molecule has 0 aliphatic carbocycles. The van der Waals surface area contributed by atoms with Crippen LogP contribution in [0.1, 0.15) is 10.4 Å². The number of esters is 1. The van der Waals surface area contributed by atoms with Gasteiger partial charge < -0.3 is 24.4 Å². The van der Waals surface area contributed by atoms with Crippen molar-refractivity contribution in [3.05, 3.63) is 54.1 Å². The van der Waals surface area contributed by atoms with Gasteiger partial charge in [-0.25, -0.2) is 4.79 Å². The molecule has 1 aliphatic heterocycles. The highest BCUT2D eigenvalue weighted by molar-refractivity contribution is 5.93. The molecule has 2 aromatic rings. The molecule has 2 aromatic carbocycles. The van der Waals surface area contributed by atoms with Crippen molar-refractivity contribution in [2.24, 2.45) is 0 Å². The molecule has 3 rings (SSSR count). The standard InChI is InChI=1S/C21H22N2O6/c24-13-16-3-1-2-4-19(16)28-15-21(26)29-14-20(25)22-17-5-7-18(8-6-17)23-9-11-27-12-10-23/h1-8,13H,9-12,14-15H2,(H,22,25). The largest absolute Gasteiger partial charge is 0.481 e. The van der Waals surface area contributed by atoms with Crippen molar-refractivity contribution in [3.8, 4) is 5.75 Å². The number of morpholine rings is 1. The smallest absolute Gasteiger partial charge is 0.344 e. The quantitative estimate of drug-likeness (QED) is 0.536. The molecular formula is C21H22N2O6. The molecule has 152 valence electrons. The number of rotatable bonds is 8. The fourth-order valence-corrected chi connectivity index (χ4v) is 2.81. The number of benzene rings is 2. The minimum atomic E-state index is -0.705. The zero-order valence-electron chi connectivity index (χ0n) is 15.8. The van der Waals surface area contributed by atoms with Crippen LogP contribution in [0.3, 0.4) is 0 Å². The third-order valence-corrected chi connectivity index (χ3v) is 4.28. The van der Waals surface area contributed by atoms with Gasteiger partial charge in [-0.2, -0.15) is 0 Å². The number of carbonyl (C=O) groups is 3. The van der Waals surface area contributed by atoms with E-state index in [0.717, 1.165) is 18.8 Å². The van der Waals surface area contributed by atoms with Crippen LogP contribution in [0.2, 0.25) is 0 Å². The number of carbonyl (C=O) groups excluding carboxylic acids is 3.